The van der Waals surface area contributed by atoms with E-state index in [4.69, 9.17) is 27.9 Å². The fourth-order valence-electron chi connectivity index (χ4n) is 2.79. The highest BCUT2D eigenvalue weighted by Crippen LogP contribution is 2.26. The van der Waals surface area contributed by atoms with E-state index in [9.17, 15) is 0 Å². The van der Waals surface area contributed by atoms with Crippen LogP contribution in [0.25, 0.3) is 0 Å². The fourth-order valence-corrected chi connectivity index (χ4v) is 3.30. The van der Waals surface area contributed by atoms with Crippen LogP contribution in [0.1, 0.15) is 0 Å². The van der Waals surface area contributed by atoms with Gasteiger partial charge in [0.25, 0.3) is 0 Å². The molecule has 1 saturated heterocycles. The first kappa shape index (κ1) is 17.7. The number of nitrogens with one attached hydrogen (secondary N) is 1. The number of rotatable bonds is 5. The number of halogens is 2. The van der Waals surface area contributed by atoms with Crippen molar-refractivity contribution in [3.8, 4) is 5.75 Å². The first-order valence-corrected chi connectivity index (χ1v) is 8.73. The van der Waals surface area contributed by atoms with Crippen LogP contribution in [-0.2, 0) is 0 Å². The molecule has 1 aliphatic heterocycles. The third kappa shape index (κ3) is 4.50. The summed E-state index contributed by atoms with van der Waals surface area (Å²) in [6.45, 7) is 7.55. The Morgan fingerprint density at radius 2 is 1.80 bits per heavy atom. The Morgan fingerprint density at radius 1 is 1.12 bits per heavy atom. The maximum atomic E-state index is 6.10. The Kier molecular flexibility index (Phi) is 5.56. The first-order valence-electron chi connectivity index (χ1n) is 7.97. The van der Waals surface area contributed by atoms with Crippen LogP contribution >= 0.6 is 23.2 Å². The van der Waals surface area contributed by atoms with E-state index < -0.39 is 0 Å². The minimum Gasteiger partial charge on any atom is -0.497 e. The number of aromatic nitrogens is 1. The van der Waals surface area contributed by atoms with Gasteiger partial charge < -0.3 is 19.9 Å². The lowest BCUT2D eigenvalue weighted by Gasteiger charge is -2.38. The van der Waals surface area contributed by atoms with Crippen molar-refractivity contribution >= 4 is 34.7 Å². The fraction of sp³-hybridized carbons (Fsp3) is 0.278. The smallest absolute Gasteiger partial charge is 0.135 e. The van der Waals surface area contributed by atoms with Crippen molar-refractivity contribution in [2.45, 2.75) is 0 Å². The van der Waals surface area contributed by atoms with Gasteiger partial charge in [-0.25, -0.2) is 4.98 Å². The topological polar surface area (TPSA) is 40.6 Å². The van der Waals surface area contributed by atoms with Crippen molar-refractivity contribution in [2.75, 3.05) is 43.5 Å². The molecule has 5 nitrogen and oxygen atoms in total. The number of methoxy groups -OCH3 is 1. The molecular formula is C18H20Cl2N4O. The Hall–Kier alpha value is -2.11. The predicted octanol–water partition coefficient (Wildman–Crippen LogP) is 4.10. The van der Waals surface area contributed by atoms with Crippen LogP contribution in [0, 0.1) is 0 Å². The molecule has 25 heavy (non-hydrogen) atoms. The van der Waals surface area contributed by atoms with Crippen molar-refractivity contribution in [3.63, 3.8) is 0 Å². The highest BCUT2D eigenvalue weighted by molar-refractivity contribution is 6.35. The van der Waals surface area contributed by atoms with E-state index in [0.29, 0.717) is 15.9 Å². The lowest BCUT2D eigenvalue weighted by atomic mass is 10.2. The molecule has 7 heteroatoms. The molecule has 0 radical (unpaired) electrons. The Balaban J connectivity index is 1.58. The van der Waals surface area contributed by atoms with Crippen LogP contribution < -0.4 is 15.0 Å². The van der Waals surface area contributed by atoms with Crippen LogP contribution in [-0.4, -0.2) is 43.2 Å². The predicted molar refractivity (Wildman–Crippen MR) is 104 cm³/mol. The molecular weight excluding hydrogens is 359 g/mol. The van der Waals surface area contributed by atoms with Gasteiger partial charge in [0.15, 0.2) is 0 Å². The molecule has 2 heterocycles. The summed E-state index contributed by atoms with van der Waals surface area (Å²) in [5.41, 5.74) is 1.05. The van der Waals surface area contributed by atoms with Gasteiger partial charge in [0.2, 0.25) is 0 Å². The normalized spacial score (nSPS) is 14.4. The molecule has 1 fully saturated rings. The zero-order chi connectivity index (χ0) is 17.8. The summed E-state index contributed by atoms with van der Waals surface area (Å²) >= 11 is 12.2. The summed E-state index contributed by atoms with van der Waals surface area (Å²) in [5, 5.41) is 4.54. The minimum absolute atomic E-state index is 0.653. The van der Waals surface area contributed by atoms with Gasteiger partial charge in [0.05, 0.1) is 12.9 Å². The van der Waals surface area contributed by atoms with E-state index >= 15 is 0 Å². The number of ether oxygens (including phenoxy) is 1. The van der Waals surface area contributed by atoms with Crippen LogP contribution in [0.15, 0.2) is 48.9 Å². The third-order valence-corrected chi connectivity index (χ3v) is 4.55. The summed E-state index contributed by atoms with van der Waals surface area (Å²) in [5.74, 6) is 2.30. The van der Waals surface area contributed by atoms with Crippen molar-refractivity contribution in [1.82, 2.24) is 9.88 Å². The second-order valence-corrected chi connectivity index (χ2v) is 6.63. The lowest BCUT2D eigenvalue weighted by molar-refractivity contribution is 0.325. The molecule has 0 atom stereocenters. The third-order valence-electron chi connectivity index (χ3n) is 4.11. The van der Waals surface area contributed by atoms with E-state index in [1.807, 2.05) is 24.3 Å². The zero-order valence-corrected chi connectivity index (χ0v) is 15.5. The summed E-state index contributed by atoms with van der Waals surface area (Å²) < 4.78 is 5.21. The summed E-state index contributed by atoms with van der Waals surface area (Å²) in [4.78, 5) is 8.75. The molecule has 0 bridgehead atoms. The van der Waals surface area contributed by atoms with Crippen LogP contribution in [0.4, 0.5) is 11.5 Å². The van der Waals surface area contributed by atoms with E-state index in [0.717, 1.165) is 43.4 Å². The average molecular weight is 379 g/mol. The van der Waals surface area contributed by atoms with Gasteiger partial charge in [-0.1, -0.05) is 29.8 Å². The van der Waals surface area contributed by atoms with Crippen LogP contribution in [0.5, 0.6) is 5.75 Å². The highest BCUT2D eigenvalue weighted by atomic mass is 35.5. The highest BCUT2D eigenvalue weighted by Gasteiger charge is 2.19. The second kappa shape index (κ2) is 7.85. The number of anilines is 2. The van der Waals surface area contributed by atoms with Crippen molar-refractivity contribution in [3.05, 3.63) is 59.0 Å². The van der Waals surface area contributed by atoms with Gasteiger partial charge in [0, 0.05) is 54.2 Å². The van der Waals surface area contributed by atoms with Gasteiger partial charge in [-0.05, 0) is 24.3 Å². The number of pyridine rings is 1. The van der Waals surface area contributed by atoms with E-state index in [1.54, 1.807) is 19.4 Å². The molecule has 0 aliphatic carbocycles. The van der Waals surface area contributed by atoms with Crippen molar-refractivity contribution in [2.24, 2.45) is 0 Å². The number of piperazine rings is 1. The van der Waals surface area contributed by atoms with Gasteiger partial charge in [-0.2, -0.15) is 0 Å². The minimum atomic E-state index is 0.653. The second-order valence-electron chi connectivity index (χ2n) is 5.75. The maximum Gasteiger partial charge on any atom is 0.135 e. The summed E-state index contributed by atoms with van der Waals surface area (Å²) in [6.07, 6.45) is 1.70. The molecule has 3 rings (SSSR count). The van der Waals surface area contributed by atoms with Gasteiger partial charge in [-0.15, -0.1) is 0 Å². The Labute approximate surface area is 157 Å². The maximum absolute atomic E-state index is 6.10. The standard InChI is InChI=1S/C18H20Cl2N4O/c1-13(22-18-12-17(25-2)3-4-21-18)23-5-7-24(8-6-23)16-10-14(19)9-15(20)11-16/h3-4,9-12H,1,5-8H2,2H3,(H,21,22). The monoisotopic (exact) mass is 378 g/mol. The quantitative estimate of drug-likeness (QED) is 0.847. The van der Waals surface area contributed by atoms with Gasteiger partial charge in [-0.3, -0.25) is 0 Å². The van der Waals surface area contributed by atoms with Crippen molar-refractivity contribution in [1.29, 1.82) is 0 Å². The molecule has 1 aliphatic rings. The van der Waals surface area contributed by atoms with Gasteiger partial charge >= 0.3 is 0 Å². The number of hydrogen-bond donors (Lipinski definition) is 1. The van der Waals surface area contributed by atoms with Crippen LogP contribution in [0.3, 0.4) is 0 Å². The molecule has 2 aromatic rings. The van der Waals surface area contributed by atoms with Crippen LogP contribution in [0.2, 0.25) is 10.0 Å². The van der Waals surface area contributed by atoms with E-state index in [1.165, 1.54) is 0 Å². The molecule has 132 valence electrons. The number of benzene rings is 1. The SMILES string of the molecule is C=C(Nc1cc(OC)ccn1)N1CCN(c2cc(Cl)cc(Cl)c2)CC1. The zero-order valence-electron chi connectivity index (χ0n) is 14.0. The number of hydrogen-bond acceptors (Lipinski definition) is 5. The number of nitrogens with zero attached hydrogens (tertiary/aromatic N) is 3. The van der Waals surface area contributed by atoms with Gasteiger partial charge in [0.1, 0.15) is 11.6 Å². The first-order chi connectivity index (χ1) is 12.0. The van der Waals surface area contributed by atoms with E-state index in [-0.39, 0.29) is 0 Å². The Morgan fingerprint density at radius 3 is 2.44 bits per heavy atom. The molecule has 1 aromatic carbocycles. The largest absolute Gasteiger partial charge is 0.497 e. The molecule has 0 spiro atoms. The van der Waals surface area contributed by atoms with Crippen molar-refractivity contribution < 1.29 is 4.74 Å². The Bertz CT molecular complexity index is 740. The molecule has 1 aromatic heterocycles. The molecule has 0 unspecified atom stereocenters. The molecule has 1 N–H and O–H groups in total. The summed E-state index contributed by atoms with van der Waals surface area (Å²) in [6, 6.07) is 9.28. The van der Waals surface area contributed by atoms with E-state index in [2.05, 4.69) is 26.7 Å². The lowest BCUT2D eigenvalue weighted by Crippen LogP contribution is -2.46. The molecule has 0 saturated carbocycles. The molecule has 0 amide bonds. The average Bonchev–Trinajstić information content (AvgIpc) is 2.61. The summed E-state index contributed by atoms with van der Waals surface area (Å²) in [7, 11) is 1.63.